The monoisotopic (exact) mass is 426 g/mol. The van der Waals surface area contributed by atoms with Gasteiger partial charge < -0.3 is 25.6 Å². The van der Waals surface area contributed by atoms with E-state index in [1.165, 1.54) is 12.3 Å². The molecule has 2 aromatic rings. The Morgan fingerprint density at radius 2 is 1.87 bits per heavy atom. The number of aromatic hydroxyl groups is 2. The standard InChI is InChI=1S/C21H26N6O4/c1-12(2)14-9-15(17(29)10-16(14)28)19(22)27(20(23)21(24)30)13-3-4-18(25-11-13)26-5-7-31-8-6-26/h3-4,9-12,22-23,28-29H,5-8H2,1-2H3,(H2,24,30). The van der Waals surface area contributed by atoms with Crippen LogP contribution >= 0.6 is 0 Å². The molecule has 1 aliphatic rings. The van der Waals surface area contributed by atoms with Gasteiger partial charge in [0.05, 0.1) is 30.7 Å². The normalized spacial score (nSPS) is 13.8. The van der Waals surface area contributed by atoms with Crippen molar-refractivity contribution in [2.75, 3.05) is 36.1 Å². The Morgan fingerprint density at radius 3 is 2.42 bits per heavy atom. The molecule has 0 atom stereocenters. The molecule has 31 heavy (non-hydrogen) atoms. The number of nitrogens with one attached hydrogen (secondary N) is 2. The van der Waals surface area contributed by atoms with Crippen LogP contribution in [0.5, 0.6) is 11.5 Å². The fourth-order valence-corrected chi connectivity index (χ4v) is 3.34. The molecule has 3 rings (SSSR count). The lowest BCUT2D eigenvalue weighted by molar-refractivity contribution is -0.112. The number of morpholine rings is 1. The molecule has 0 spiro atoms. The maximum Gasteiger partial charge on any atom is 0.284 e. The largest absolute Gasteiger partial charge is 0.508 e. The van der Waals surface area contributed by atoms with Gasteiger partial charge in [0.15, 0.2) is 5.84 Å². The van der Waals surface area contributed by atoms with Gasteiger partial charge in [-0.25, -0.2) is 4.98 Å². The van der Waals surface area contributed by atoms with Gasteiger partial charge in [0.25, 0.3) is 5.91 Å². The smallest absolute Gasteiger partial charge is 0.284 e. The van der Waals surface area contributed by atoms with Crippen molar-refractivity contribution in [1.82, 2.24) is 4.98 Å². The van der Waals surface area contributed by atoms with Crippen LogP contribution in [-0.4, -0.2) is 59.1 Å². The number of amides is 1. The van der Waals surface area contributed by atoms with Gasteiger partial charge in [-0.2, -0.15) is 0 Å². The number of nitrogens with zero attached hydrogens (tertiary/aromatic N) is 3. The number of ether oxygens (including phenoxy) is 1. The molecule has 1 fully saturated rings. The number of carbonyl (C=O) groups excluding carboxylic acids is 1. The van der Waals surface area contributed by atoms with Gasteiger partial charge >= 0.3 is 0 Å². The molecule has 1 aromatic carbocycles. The summed E-state index contributed by atoms with van der Waals surface area (Å²) in [6, 6.07) is 5.97. The van der Waals surface area contributed by atoms with Crippen molar-refractivity contribution in [3.63, 3.8) is 0 Å². The Morgan fingerprint density at radius 1 is 1.19 bits per heavy atom. The number of nitrogens with two attached hydrogens (primary N) is 1. The summed E-state index contributed by atoms with van der Waals surface area (Å²) in [6.45, 7) is 6.31. The molecule has 2 heterocycles. The first-order chi connectivity index (χ1) is 14.7. The van der Waals surface area contributed by atoms with E-state index >= 15 is 0 Å². The van der Waals surface area contributed by atoms with Crippen molar-refractivity contribution >= 4 is 29.1 Å². The third kappa shape index (κ3) is 4.58. The number of pyridine rings is 1. The molecule has 6 N–H and O–H groups in total. The molecule has 10 nitrogen and oxygen atoms in total. The van der Waals surface area contributed by atoms with Crippen LogP contribution in [0.1, 0.15) is 30.9 Å². The zero-order valence-electron chi connectivity index (χ0n) is 17.4. The van der Waals surface area contributed by atoms with E-state index in [2.05, 4.69) is 4.98 Å². The van der Waals surface area contributed by atoms with Gasteiger partial charge in [0, 0.05) is 19.2 Å². The third-order valence-electron chi connectivity index (χ3n) is 5.03. The molecule has 0 radical (unpaired) electrons. The lowest BCUT2D eigenvalue weighted by Crippen LogP contribution is -2.44. The maximum absolute atomic E-state index is 11.8. The summed E-state index contributed by atoms with van der Waals surface area (Å²) in [4.78, 5) is 19.3. The Balaban J connectivity index is 2.00. The average Bonchev–Trinajstić information content (AvgIpc) is 2.74. The second-order valence-corrected chi connectivity index (χ2v) is 7.45. The summed E-state index contributed by atoms with van der Waals surface area (Å²) < 4.78 is 5.34. The lowest BCUT2D eigenvalue weighted by Gasteiger charge is -2.29. The second-order valence-electron chi connectivity index (χ2n) is 7.45. The zero-order chi connectivity index (χ0) is 22.7. The average molecular weight is 426 g/mol. The minimum atomic E-state index is -1.04. The molecule has 1 aliphatic heterocycles. The quantitative estimate of drug-likeness (QED) is 0.368. The number of anilines is 2. The van der Waals surface area contributed by atoms with E-state index in [-0.39, 0.29) is 34.5 Å². The minimum absolute atomic E-state index is 0.0461. The van der Waals surface area contributed by atoms with Gasteiger partial charge in [-0.1, -0.05) is 13.8 Å². The highest BCUT2D eigenvalue weighted by molar-refractivity contribution is 6.47. The molecule has 0 unspecified atom stereocenters. The van der Waals surface area contributed by atoms with E-state index < -0.39 is 11.7 Å². The number of phenols is 2. The highest BCUT2D eigenvalue weighted by Crippen LogP contribution is 2.33. The number of aromatic nitrogens is 1. The fraction of sp³-hybridized carbons (Fsp3) is 0.333. The van der Waals surface area contributed by atoms with Crippen molar-refractivity contribution in [2.24, 2.45) is 5.73 Å². The summed E-state index contributed by atoms with van der Waals surface area (Å²) in [5.41, 5.74) is 6.16. The zero-order valence-corrected chi connectivity index (χ0v) is 17.4. The number of rotatable bonds is 4. The number of carbonyl (C=O) groups is 1. The van der Waals surface area contributed by atoms with E-state index in [9.17, 15) is 15.0 Å². The number of phenolic OH excluding ortho intramolecular Hbond substituents is 2. The highest BCUT2D eigenvalue weighted by Gasteiger charge is 2.26. The lowest BCUT2D eigenvalue weighted by atomic mass is 9.98. The summed E-state index contributed by atoms with van der Waals surface area (Å²) in [5, 5.41) is 37.2. The van der Waals surface area contributed by atoms with Gasteiger partial charge in [0.1, 0.15) is 23.2 Å². The second kappa shape index (κ2) is 9.00. The van der Waals surface area contributed by atoms with Crippen molar-refractivity contribution in [3.05, 3.63) is 41.6 Å². The van der Waals surface area contributed by atoms with Crippen LogP contribution in [0.25, 0.3) is 0 Å². The van der Waals surface area contributed by atoms with E-state index in [1.54, 1.807) is 12.1 Å². The summed E-state index contributed by atoms with van der Waals surface area (Å²) in [5.74, 6) is -1.86. The predicted octanol–water partition coefficient (Wildman–Crippen LogP) is 1.75. The fourth-order valence-electron chi connectivity index (χ4n) is 3.34. The number of benzene rings is 1. The Labute approximate surface area is 179 Å². The first-order valence-electron chi connectivity index (χ1n) is 9.82. The van der Waals surface area contributed by atoms with Crippen molar-refractivity contribution in [2.45, 2.75) is 19.8 Å². The van der Waals surface area contributed by atoms with Crippen LogP contribution in [0.3, 0.4) is 0 Å². The maximum atomic E-state index is 11.8. The first-order valence-corrected chi connectivity index (χ1v) is 9.82. The molecule has 164 valence electrons. The summed E-state index contributed by atoms with van der Waals surface area (Å²) >= 11 is 0. The number of hydrogen-bond donors (Lipinski definition) is 5. The predicted molar refractivity (Wildman–Crippen MR) is 117 cm³/mol. The van der Waals surface area contributed by atoms with Crippen LogP contribution in [0.15, 0.2) is 30.5 Å². The molecule has 1 saturated heterocycles. The van der Waals surface area contributed by atoms with E-state index in [0.29, 0.717) is 37.7 Å². The van der Waals surface area contributed by atoms with Crippen molar-refractivity contribution in [3.8, 4) is 11.5 Å². The molecule has 0 saturated carbocycles. The molecular weight excluding hydrogens is 400 g/mol. The van der Waals surface area contributed by atoms with Gasteiger partial charge in [-0.3, -0.25) is 20.5 Å². The van der Waals surface area contributed by atoms with Crippen molar-refractivity contribution in [1.29, 1.82) is 10.8 Å². The van der Waals surface area contributed by atoms with Crippen LogP contribution in [0.4, 0.5) is 11.5 Å². The van der Waals surface area contributed by atoms with Gasteiger partial charge in [0.2, 0.25) is 0 Å². The molecule has 1 amide bonds. The summed E-state index contributed by atoms with van der Waals surface area (Å²) in [6.07, 6.45) is 1.44. The summed E-state index contributed by atoms with van der Waals surface area (Å²) in [7, 11) is 0. The Kier molecular flexibility index (Phi) is 6.40. The van der Waals surface area contributed by atoms with Crippen LogP contribution < -0.4 is 15.5 Å². The number of hydrogen-bond acceptors (Lipinski definition) is 8. The molecule has 0 aliphatic carbocycles. The topological polar surface area (TPSA) is 160 Å². The van der Waals surface area contributed by atoms with E-state index in [1.807, 2.05) is 18.7 Å². The van der Waals surface area contributed by atoms with Crippen LogP contribution in [0.2, 0.25) is 0 Å². The SMILES string of the molecule is CC(C)c1cc(C(=N)N(C(=N)C(N)=O)c2ccc(N3CCOCC3)nc2)c(O)cc1O. The van der Waals surface area contributed by atoms with Crippen LogP contribution in [0, 0.1) is 10.8 Å². The molecule has 1 aromatic heterocycles. The molecule has 10 heteroatoms. The number of amidine groups is 2. The first kappa shape index (κ1) is 22.0. The highest BCUT2D eigenvalue weighted by atomic mass is 16.5. The molecule has 0 bridgehead atoms. The van der Waals surface area contributed by atoms with E-state index in [4.69, 9.17) is 21.3 Å². The Hall–Kier alpha value is -3.66. The molecular formula is C21H26N6O4. The minimum Gasteiger partial charge on any atom is -0.508 e. The Bertz CT molecular complexity index is 1000. The van der Waals surface area contributed by atoms with Gasteiger partial charge in [-0.15, -0.1) is 0 Å². The third-order valence-corrected chi connectivity index (χ3v) is 5.03. The number of primary amides is 1. The van der Waals surface area contributed by atoms with Crippen molar-refractivity contribution < 1.29 is 19.7 Å². The van der Waals surface area contributed by atoms with Crippen LogP contribution in [-0.2, 0) is 9.53 Å². The van der Waals surface area contributed by atoms with E-state index in [0.717, 1.165) is 11.0 Å². The van der Waals surface area contributed by atoms with Gasteiger partial charge in [-0.05, 0) is 29.7 Å².